The van der Waals surface area contributed by atoms with Crippen LogP contribution in [0.2, 0.25) is 0 Å². The van der Waals surface area contributed by atoms with Gasteiger partial charge in [0, 0.05) is 5.92 Å². The lowest BCUT2D eigenvalue weighted by atomic mass is 9.73. The van der Waals surface area contributed by atoms with Crippen molar-refractivity contribution in [3.63, 3.8) is 0 Å². The summed E-state index contributed by atoms with van der Waals surface area (Å²) in [6.07, 6.45) is 7.20. The number of hydrogen-bond donors (Lipinski definition) is 0. The third-order valence-corrected chi connectivity index (χ3v) is 5.76. The van der Waals surface area contributed by atoms with Crippen LogP contribution in [-0.2, 0) is 0 Å². The Kier molecular flexibility index (Phi) is 5.47. The summed E-state index contributed by atoms with van der Waals surface area (Å²) in [5.74, 6) is 0.766. The maximum Gasteiger partial charge on any atom is 0.0315 e. The molecule has 2 aromatic rings. The lowest BCUT2D eigenvalue weighted by Gasteiger charge is -2.31. The zero-order valence-corrected chi connectivity index (χ0v) is 18.2. The maximum absolute atomic E-state index is 2.45. The second-order valence-electron chi connectivity index (χ2n) is 8.64. The molecule has 1 radical (unpaired) electrons. The van der Waals surface area contributed by atoms with E-state index in [2.05, 4.69) is 98.2 Å². The molecular weight excluding hydrogens is 324 g/mol. The van der Waals surface area contributed by atoms with Gasteiger partial charge in [-0.05, 0) is 94.2 Å². The van der Waals surface area contributed by atoms with Gasteiger partial charge in [-0.25, -0.2) is 0 Å². The minimum atomic E-state index is 0.289. The molecule has 0 amide bonds. The Hall–Kier alpha value is -2.08. The molecule has 27 heavy (non-hydrogen) atoms. The SMILES string of the molecule is CC1=CC(C)[CH]C(C(c2c(C)cc(C)cc2C)c2c(C)cc(C)cc2C)=C1. The zero-order chi connectivity index (χ0) is 19.9. The summed E-state index contributed by atoms with van der Waals surface area (Å²) in [5.41, 5.74) is 14.0. The van der Waals surface area contributed by atoms with E-state index < -0.39 is 0 Å². The molecule has 0 nitrogen and oxygen atoms in total. The van der Waals surface area contributed by atoms with Crippen molar-refractivity contribution in [2.24, 2.45) is 5.92 Å². The third-order valence-electron chi connectivity index (χ3n) is 5.76. The van der Waals surface area contributed by atoms with Gasteiger partial charge < -0.3 is 0 Å². The number of aryl methyl sites for hydroxylation is 6. The van der Waals surface area contributed by atoms with Gasteiger partial charge in [0.2, 0.25) is 0 Å². The Morgan fingerprint density at radius 3 is 1.44 bits per heavy atom. The predicted molar refractivity (Wildman–Crippen MR) is 118 cm³/mol. The van der Waals surface area contributed by atoms with Crippen LogP contribution in [0.3, 0.4) is 0 Å². The van der Waals surface area contributed by atoms with E-state index in [-0.39, 0.29) is 5.92 Å². The van der Waals surface area contributed by atoms with Crippen molar-refractivity contribution < 1.29 is 0 Å². The van der Waals surface area contributed by atoms with E-state index in [4.69, 9.17) is 0 Å². The molecule has 0 saturated heterocycles. The Balaban J connectivity index is 2.32. The topological polar surface area (TPSA) is 0 Å². The van der Waals surface area contributed by atoms with Gasteiger partial charge in [-0.15, -0.1) is 0 Å². The van der Waals surface area contributed by atoms with Crippen LogP contribution in [0.4, 0.5) is 0 Å². The molecule has 1 atom stereocenters. The lowest BCUT2D eigenvalue weighted by molar-refractivity contribution is 0.788. The summed E-state index contributed by atoms with van der Waals surface area (Å²) in [5, 5.41) is 0. The molecule has 1 aliphatic rings. The zero-order valence-electron chi connectivity index (χ0n) is 18.2. The number of benzene rings is 2. The van der Waals surface area contributed by atoms with Crippen molar-refractivity contribution in [2.45, 2.75) is 61.3 Å². The first-order valence-electron chi connectivity index (χ1n) is 10.1. The average Bonchev–Trinajstić information content (AvgIpc) is 2.50. The van der Waals surface area contributed by atoms with Gasteiger partial charge in [0.05, 0.1) is 0 Å². The Morgan fingerprint density at radius 1 is 0.667 bits per heavy atom. The highest BCUT2D eigenvalue weighted by atomic mass is 14.3. The molecule has 0 N–H and O–H groups in total. The largest absolute Gasteiger partial charge is 0.0781 e. The molecule has 0 bridgehead atoms. The standard InChI is InChI=1S/C27H33/c1-16-9-17(2)15-24(14-16)27(25-20(5)10-18(3)11-21(25)6)26-22(7)12-19(4)13-23(26)8/h9-16,27H,1-8H3. The molecule has 1 aliphatic carbocycles. The Bertz CT molecular complexity index is 833. The van der Waals surface area contributed by atoms with Crippen LogP contribution in [-0.4, -0.2) is 0 Å². The molecule has 141 valence electrons. The molecule has 0 aliphatic heterocycles. The Morgan fingerprint density at radius 2 is 1.07 bits per heavy atom. The highest BCUT2D eigenvalue weighted by Crippen LogP contribution is 2.43. The van der Waals surface area contributed by atoms with Crippen molar-refractivity contribution >= 4 is 0 Å². The minimum Gasteiger partial charge on any atom is -0.0781 e. The third kappa shape index (κ3) is 3.95. The van der Waals surface area contributed by atoms with Gasteiger partial charge >= 0.3 is 0 Å². The van der Waals surface area contributed by atoms with Crippen LogP contribution in [0.15, 0.2) is 47.6 Å². The van der Waals surface area contributed by atoms with Gasteiger partial charge in [-0.1, -0.05) is 65.6 Å². The Labute approximate surface area is 166 Å². The first-order valence-corrected chi connectivity index (χ1v) is 10.1. The fourth-order valence-electron chi connectivity index (χ4n) is 5.08. The summed E-state index contributed by atoms with van der Waals surface area (Å²) in [6.45, 7) is 18.0. The second-order valence-corrected chi connectivity index (χ2v) is 8.64. The van der Waals surface area contributed by atoms with Crippen molar-refractivity contribution in [3.8, 4) is 0 Å². The van der Waals surface area contributed by atoms with Gasteiger partial charge in [0.25, 0.3) is 0 Å². The highest BCUT2D eigenvalue weighted by molar-refractivity contribution is 5.57. The smallest absolute Gasteiger partial charge is 0.0315 e. The van der Waals surface area contributed by atoms with E-state index in [1.54, 1.807) is 0 Å². The predicted octanol–water partition coefficient (Wildman–Crippen LogP) is 7.40. The van der Waals surface area contributed by atoms with Crippen LogP contribution >= 0.6 is 0 Å². The van der Waals surface area contributed by atoms with Crippen LogP contribution in [0.5, 0.6) is 0 Å². The second kappa shape index (κ2) is 7.50. The summed E-state index contributed by atoms with van der Waals surface area (Å²) >= 11 is 0. The van der Waals surface area contributed by atoms with Gasteiger partial charge in [0.1, 0.15) is 0 Å². The normalized spacial score (nSPS) is 17.1. The van der Waals surface area contributed by atoms with Crippen molar-refractivity contribution in [3.05, 3.63) is 98.5 Å². The molecule has 0 heteroatoms. The first kappa shape index (κ1) is 19.7. The fourth-order valence-corrected chi connectivity index (χ4v) is 5.08. The van der Waals surface area contributed by atoms with E-state index in [1.165, 1.54) is 55.7 Å². The van der Waals surface area contributed by atoms with E-state index in [0.717, 1.165) is 0 Å². The van der Waals surface area contributed by atoms with Gasteiger partial charge in [-0.2, -0.15) is 0 Å². The molecule has 0 aromatic heterocycles. The van der Waals surface area contributed by atoms with Gasteiger partial charge in [-0.3, -0.25) is 0 Å². The molecule has 0 fully saturated rings. The van der Waals surface area contributed by atoms with Crippen molar-refractivity contribution in [1.29, 1.82) is 0 Å². The highest BCUT2D eigenvalue weighted by Gasteiger charge is 2.28. The lowest BCUT2D eigenvalue weighted by Crippen LogP contribution is -2.16. The number of allylic oxidation sites excluding steroid dienone is 4. The molecule has 1 unspecified atom stereocenters. The number of rotatable bonds is 3. The first-order chi connectivity index (χ1) is 12.7. The van der Waals surface area contributed by atoms with Crippen LogP contribution in [0.1, 0.15) is 64.3 Å². The average molecular weight is 358 g/mol. The minimum absolute atomic E-state index is 0.289. The fraction of sp³-hybridized carbons (Fsp3) is 0.370. The summed E-state index contributed by atoms with van der Waals surface area (Å²) in [7, 11) is 0. The molecule has 0 saturated carbocycles. The summed E-state index contributed by atoms with van der Waals surface area (Å²) < 4.78 is 0. The molecule has 0 spiro atoms. The van der Waals surface area contributed by atoms with Crippen molar-refractivity contribution in [1.82, 2.24) is 0 Å². The molecular formula is C27H33. The monoisotopic (exact) mass is 357 g/mol. The van der Waals surface area contributed by atoms with E-state index in [9.17, 15) is 0 Å². The van der Waals surface area contributed by atoms with Crippen LogP contribution in [0, 0.1) is 53.9 Å². The summed E-state index contributed by atoms with van der Waals surface area (Å²) in [4.78, 5) is 0. The molecule has 3 rings (SSSR count). The van der Waals surface area contributed by atoms with E-state index in [0.29, 0.717) is 5.92 Å². The molecule has 2 aromatic carbocycles. The van der Waals surface area contributed by atoms with Crippen LogP contribution in [0.25, 0.3) is 0 Å². The van der Waals surface area contributed by atoms with Crippen molar-refractivity contribution in [2.75, 3.05) is 0 Å². The maximum atomic E-state index is 2.45. The van der Waals surface area contributed by atoms with E-state index >= 15 is 0 Å². The van der Waals surface area contributed by atoms with Gasteiger partial charge in [0.15, 0.2) is 0 Å². The summed E-state index contributed by atoms with van der Waals surface area (Å²) in [6, 6.07) is 9.35. The molecule has 0 heterocycles. The van der Waals surface area contributed by atoms with Crippen LogP contribution < -0.4 is 0 Å². The van der Waals surface area contributed by atoms with E-state index in [1.807, 2.05) is 0 Å². The number of hydrogen-bond acceptors (Lipinski definition) is 0. The quantitative estimate of drug-likeness (QED) is 0.537.